The van der Waals surface area contributed by atoms with Crippen molar-refractivity contribution in [3.8, 4) is 11.1 Å². The summed E-state index contributed by atoms with van der Waals surface area (Å²) in [6.45, 7) is 7.05. The van der Waals surface area contributed by atoms with Crippen molar-refractivity contribution in [3.63, 3.8) is 0 Å². The molecule has 7 nitrogen and oxygen atoms in total. The van der Waals surface area contributed by atoms with Crippen molar-refractivity contribution < 1.29 is 27.5 Å². The molecule has 0 bridgehead atoms. The maximum absolute atomic E-state index is 14.1. The number of aliphatic hydroxyl groups excluding tert-OH is 1. The first-order valence-electron chi connectivity index (χ1n) is 15.9. The van der Waals surface area contributed by atoms with Crippen molar-refractivity contribution in [3.05, 3.63) is 117 Å². The molecule has 1 aliphatic rings. The Bertz CT molecular complexity index is 1760. The summed E-state index contributed by atoms with van der Waals surface area (Å²) >= 11 is 1.28. The number of carbonyl (C=O) groups is 1. The molecule has 4 aromatic rings. The second-order valence-corrected chi connectivity index (χ2v) is 12.7. The highest BCUT2D eigenvalue weighted by atomic mass is 32.2. The van der Waals surface area contributed by atoms with Crippen molar-refractivity contribution >= 4 is 17.7 Å². The SMILES string of the molecule is CCN(CC)CCN(Cc1ccc(-c2ccc(C(F)(F)F)cc2)cc1)C(=O)Cn1c(SCc2ccc(F)cc2)nc(=O)c2c1CCC2O. The number of aliphatic hydroxyl groups is 1. The van der Waals surface area contributed by atoms with Crippen molar-refractivity contribution in [2.45, 2.75) is 63.0 Å². The van der Waals surface area contributed by atoms with Gasteiger partial charge in [-0.25, -0.2) is 4.39 Å². The smallest absolute Gasteiger partial charge is 0.388 e. The van der Waals surface area contributed by atoms with E-state index in [9.17, 15) is 32.3 Å². The molecule has 0 fully saturated rings. The van der Waals surface area contributed by atoms with Gasteiger partial charge in [-0.3, -0.25) is 9.59 Å². The van der Waals surface area contributed by atoms with Crippen molar-refractivity contribution in [2.24, 2.45) is 0 Å². The number of hydrogen-bond donors (Lipinski definition) is 1. The average molecular weight is 683 g/mol. The zero-order valence-corrected chi connectivity index (χ0v) is 27.7. The number of nitrogens with zero attached hydrogens (tertiary/aromatic N) is 4. The van der Waals surface area contributed by atoms with Crippen LogP contribution in [0.4, 0.5) is 17.6 Å². The number of aromatic nitrogens is 2. The summed E-state index contributed by atoms with van der Waals surface area (Å²) in [4.78, 5) is 35.3. The van der Waals surface area contributed by atoms with Crippen LogP contribution in [0, 0.1) is 5.82 Å². The fourth-order valence-corrected chi connectivity index (χ4v) is 6.79. The molecule has 1 amide bonds. The largest absolute Gasteiger partial charge is 0.416 e. The third kappa shape index (κ3) is 8.53. The van der Waals surface area contributed by atoms with Gasteiger partial charge in [-0.05, 0) is 72.5 Å². The zero-order valence-electron chi connectivity index (χ0n) is 26.8. The Morgan fingerprint density at radius 3 is 2.15 bits per heavy atom. The predicted octanol–water partition coefficient (Wildman–Crippen LogP) is 6.71. The summed E-state index contributed by atoms with van der Waals surface area (Å²) in [5.74, 6) is -0.138. The van der Waals surface area contributed by atoms with E-state index in [0.29, 0.717) is 54.6 Å². The number of halogens is 4. The Hall–Kier alpha value is -4.00. The van der Waals surface area contributed by atoms with E-state index in [2.05, 4.69) is 23.7 Å². The number of likely N-dealkylation sites (N-methyl/N-ethyl adjacent to an activating group) is 1. The molecule has 0 radical (unpaired) electrons. The summed E-state index contributed by atoms with van der Waals surface area (Å²) in [6.07, 6.45) is -4.56. The van der Waals surface area contributed by atoms with Crippen LogP contribution in [0.15, 0.2) is 82.7 Å². The number of benzene rings is 3. The second kappa shape index (κ2) is 15.5. The van der Waals surface area contributed by atoms with Gasteiger partial charge < -0.3 is 19.5 Å². The number of fused-ring (bicyclic) bond motifs is 1. The van der Waals surface area contributed by atoms with E-state index in [1.807, 2.05) is 24.3 Å². The van der Waals surface area contributed by atoms with Crippen LogP contribution in [-0.4, -0.2) is 56.5 Å². The summed E-state index contributed by atoms with van der Waals surface area (Å²) in [6, 6.07) is 18.4. The number of amides is 1. The van der Waals surface area contributed by atoms with Crippen LogP contribution < -0.4 is 5.56 Å². The summed E-state index contributed by atoms with van der Waals surface area (Å²) in [5.41, 5.74) is 2.69. The number of carbonyl (C=O) groups excluding carboxylic acids is 1. The number of hydrogen-bond acceptors (Lipinski definition) is 6. The third-order valence-electron chi connectivity index (χ3n) is 8.66. The van der Waals surface area contributed by atoms with Gasteiger partial charge >= 0.3 is 6.18 Å². The molecule has 0 saturated carbocycles. The minimum atomic E-state index is -4.41. The van der Waals surface area contributed by atoms with Gasteiger partial charge in [0.2, 0.25) is 5.91 Å². The Kier molecular flexibility index (Phi) is 11.4. The van der Waals surface area contributed by atoms with E-state index in [1.165, 1.54) is 36.0 Å². The average Bonchev–Trinajstić information content (AvgIpc) is 3.47. The van der Waals surface area contributed by atoms with E-state index >= 15 is 0 Å². The molecule has 1 aliphatic carbocycles. The van der Waals surface area contributed by atoms with Crippen LogP contribution >= 0.6 is 11.8 Å². The molecule has 0 saturated heterocycles. The van der Waals surface area contributed by atoms with E-state index in [1.54, 1.807) is 21.6 Å². The quantitative estimate of drug-likeness (QED) is 0.0960. The van der Waals surface area contributed by atoms with Gasteiger partial charge in [0.15, 0.2) is 5.16 Å². The molecular formula is C36H38F4N4O3S. The lowest BCUT2D eigenvalue weighted by molar-refractivity contribution is -0.137. The Balaban J connectivity index is 1.39. The topological polar surface area (TPSA) is 78.7 Å². The molecule has 1 unspecified atom stereocenters. The fourth-order valence-electron chi connectivity index (χ4n) is 5.82. The molecule has 3 aromatic carbocycles. The minimum Gasteiger partial charge on any atom is -0.388 e. The number of rotatable bonds is 13. The Morgan fingerprint density at radius 1 is 0.938 bits per heavy atom. The molecule has 0 spiro atoms. The van der Waals surface area contributed by atoms with Gasteiger partial charge in [0.1, 0.15) is 12.4 Å². The number of thioether (sulfide) groups is 1. The molecule has 5 rings (SSSR count). The summed E-state index contributed by atoms with van der Waals surface area (Å²) in [7, 11) is 0. The molecule has 1 atom stereocenters. The Morgan fingerprint density at radius 2 is 1.54 bits per heavy atom. The van der Waals surface area contributed by atoms with Crippen molar-refractivity contribution in [1.82, 2.24) is 19.4 Å². The number of alkyl halides is 3. The summed E-state index contributed by atoms with van der Waals surface area (Å²) in [5, 5.41) is 10.9. The van der Waals surface area contributed by atoms with Gasteiger partial charge in [-0.15, -0.1) is 0 Å². The Labute approximate surface area is 281 Å². The fraction of sp³-hybridized carbons (Fsp3) is 0.361. The second-order valence-electron chi connectivity index (χ2n) is 11.7. The van der Waals surface area contributed by atoms with E-state index in [-0.39, 0.29) is 23.8 Å². The van der Waals surface area contributed by atoms with Crippen LogP contribution in [0.3, 0.4) is 0 Å². The van der Waals surface area contributed by atoms with Crippen LogP contribution in [0.2, 0.25) is 0 Å². The monoisotopic (exact) mass is 682 g/mol. The molecule has 254 valence electrons. The molecule has 0 aliphatic heterocycles. The van der Waals surface area contributed by atoms with Gasteiger partial charge in [-0.2, -0.15) is 18.2 Å². The maximum atomic E-state index is 14.1. The van der Waals surface area contributed by atoms with E-state index in [4.69, 9.17) is 0 Å². The molecule has 1 heterocycles. The highest BCUT2D eigenvalue weighted by molar-refractivity contribution is 7.98. The van der Waals surface area contributed by atoms with Gasteiger partial charge in [0.25, 0.3) is 5.56 Å². The van der Waals surface area contributed by atoms with Crippen molar-refractivity contribution in [1.29, 1.82) is 0 Å². The van der Waals surface area contributed by atoms with E-state index in [0.717, 1.165) is 41.9 Å². The first kappa shape index (κ1) is 35.3. The molecular weight excluding hydrogens is 644 g/mol. The third-order valence-corrected chi connectivity index (χ3v) is 9.71. The lowest BCUT2D eigenvalue weighted by atomic mass is 10.0. The highest BCUT2D eigenvalue weighted by Crippen LogP contribution is 2.33. The summed E-state index contributed by atoms with van der Waals surface area (Å²) < 4.78 is 54.3. The predicted molar refractivity (Wildman–Crippen MR) is 178 cm³/mol. The highest BCUT2D eigenvalue weighted by Gasteiger charge is 2.31. The van der Waals surface area contributed by atoms with Crippen LogP contribution in [0.1, 0.15) is 54.3 Å². The van der Waals surface area contributed by atoms with Gasteiger partial charge in [-0.1, -0.05) is 74.1 Å². The van der Waals surface area contributed by atoms with Gasteiger partial charge in [0.05, 0.1) is 17.2 Å². The molecule has 1 aromatic heterocycles. The van der Waals surface area contributed by atoms with Crippen molar-refractivity contribution in [2.75, 3.05) is 26.2 Å². The first-order chi connectivity index (χ1) is 23.0. The lowest BCUT2D eigenvalue weighted by Crippen LogP contribution is -2.40. The molecule has 1 N–H and O–H groups in total. The van der Waals surface area contributed by atoms with E-state index < -0.39 is 23.4 Å². The zero-order chi connectivity index (χ0) is 34.4. The van der Waals surface area contributed by atoms with Crippen LogP contribution in [-0.2, 0) is 36.2 Å². The normalized spacial score (nSPS) is 14.4. The molecule has 12 heteroatoms. The van der Waals surface area contributed by atoms with Crippen LogP contribution in [0.25, 0.3) is 11.1 Å². The van der Waals surface area contributed by atoms with Crippen LogP contribution in [0.5, 0.6) is 0 Å². The maximum Gasteiger partial charge on any atom is 0.416 e. The lowest BCUT2D eigenvalue weighted by Gasteiger charge is -2.28. The van der Waals surface area contributed by atoms with Gasteiger partial charge in [0, 0.05) is 31.1 Å². The standard InChI is InChI=1S/C36H38F4N4O3S/c1-3-42(4-2)19-20-43(21-24-5-9-26(10-6-24)27-11-13-28(14-12-27)36(38,39)40)32(46)22-44-30-17-18-31(45)33(30)34(47)41-35(44)48-23-25-7-15-29(37)16-8-25/h5-16,31,45H,3-4,17-23H2,1-2H3. The minimum absolute atomic E-state index is 0.0873. The molecule has 48 heavy (non-hydrogen) atoms. The first-order valence-corrected chi connectivity index (χ1v) is 16.9.